The van der Waals surface area contributed by atoms with Crippen LogP contribution in [0.2, 0.25) is 0 Å². The van der Waals surface area contributed by atoms with E-state index in [2.05, 4.69) is 10.2 Å². The smallest absolute Gasteiger partial charge is 0.328 e. The molecule has 0 saturated heterocycles. The Labute approximate surface area is 108 Å². The van der Waals surface area contributed by atoms with Crippen LogP contribution in [0.5, 0.6) is 0 Å². The first-order chi connectivity index (χ1) is 8.86. The predicted molar refractivity (Wildman–Crippen MR) is 66.4 cm³/mol. The van der Waals surface area contributed by atoms with E-state index in [4.69, 9.17) is 5.73 Å². The van der Waals surface area contributed by atoms with Crippen molar-refractivity contribution >= 4 is 0 Å². The molecule has 1 unspecified atom stereocenters. The highest BCUT2D eigenvalue weighted by Gasteiger charge is 2.30. The Balaban J connectivity index is 2.29. The van der Waals surface area contributed by atoms with Crippen LogP contribution in [0.4, 0.5) is 13.2 Å². The molecule has 6 heteroatoms. The lowest BCUT2D eigenvalue weighted by molar-refractivity contribution is -0.137. The SMILES string of the molecule is CC(N)Cc1cc(-c2cccc(C(F)(F)F)c2)n[nH]1. The molecule has 1 atom stereocenters. The lowest BCUT2D eigenvalue weighted by atomic mass is 10.1. The van der Waals surface area contributed by atoms with Crippen LogP contribution in [-0.2, 0) is 12.6 Å². The highest BCUT2D eigenvalue weighted by atomic mass is 19.4. The Kier molecular flexibility index (Phi) is 3.61. The van der Waals surface area contributed by atoms with E-state index in [9.17, 15) is 13.2 Å². The Morgan fingerprint density at radius 2 is 2.05 bits per heavy atom. The van der Waals surface area contributed by atoms with Gasteiger partial charge in [-0.05, 0) is 25.1 Å². The second-order valence-corrected chi connectivity index (χ2v) is 4.54. The average molecular weight is 269 g/mol. The van der Waals surface area contributed by atoms with Crippen molar-refractivity contribution in [3.05, 3.63) is 41.6 Å². The summed E-state index contributed by atoms with van der Waals surface area (Å²) in [5.41, 5.74) is 6.71. The summed E-state index contributed by atoms with van der Waals surface area (Å²) >= 11 is 0. The second-order valence-electron chi connectivity index (χ2n) is 4.54. The van der Waals surface area contributed by atoms with Crippen LogP contribution in [0.1, 0.15) is 18.2 Å². The van der Waals surface area contributed by atoms with Crippen molar-refractivity contribution in [1.29, 1.82) is 0 Å². The number of rotatable bonds is 3. The van der Waals surface area contributed by atoms with Gasteiger partial charge in [-0.2, -0.15) is 18.3 Å². The number of aromatic nitrogens is 2. The van der Waals surface area contributed by atoms with E-state index in [1.165, 1.54) is 6.07 Å². The van der Waals surface area contributed by atoms with Crippen LogP contribution in [0, 0.1) is 0 Å². The maximum Gasteiger partial charge on any atom is 0.416 e. The summed E-state index contributed by atoms with van der Waals surface area (Å²) in [6.07, 6.45) is -3.74. The van der Waals surface area contributed by atoms with Crippen molar-refractivity contribution in [1.82, 2.24) is 10.2 Å². The zero-order valence-corrected chi connectivity index (χ0v) is 10.3. The number of alkyl halides is 3. The number of benzene rings is 1. The van der Waals surface area contributed by atoms with Gasteiger partial charge >= 0.3 is 6.18 Å². The number of nitrogens with two attached hydrogens (primary N) is 1. The summed E-state index contributed by atoms with van der Waals surface area (Å²) < 4.78 is 37.8. The van der Waals surface area contributed by atoms with Crippen LogP contribution in [0.25, 0.3) is 11.3 Å². The van der Waals surface area contributed by atoms with Crippen LogP contribution in [0.15, 0.2) is 30.3 Å². The molecule has 2 aromatic rings. The molecular formula is C13H14F3N3. The summed E-state index contributed by atoms with van der Waals surface area (Å²) in [7, 11) is 0. The summed E-state index contributed by atoms with van der Waals surface area (Å²) in [6.45, 7) is 1.85. The van der Waals surface area contributed by atoms with Gasteiger partial charge in [-0.3, -0.25) is 5.10 Å². The summed E-state index contributed by atoms with van der Waals surface area (Å²) in [6, 6.07) is 6.79. The fourth-order valence-electron chi connectivity index (χ4n) is 1.82. The van der Waals surface area contributed by atoms with Crippen molar-refractivity contribution in [2.75, 3.05) is 0 Å². The summed E-state index contributed by atoms with van der Waals surface area (Å²) in [5, 5.41) is 6.80. The monoisotopic (exact) mass is 269 g/mol. The van der Waals surface area contributed by atoms with E-state index in [0.717, 1.165) is 17.8 Å². The highest BCUT2D eigenvalue weighted by Crippen LogP contribution is 2.31. The zero-order chi connectivity index (χ0) is 14.0. The molecule has 0 saturated carbocycles. The fraction of sp³-hybridized carbons (Fsp3) is 0.308. The van der Waals surface area contributed by atoms with Crippen molar-refractivity contribution in [3.8, 4) is 11.3 Å². The highest BCUT2D eigenvalue weighted by molar-refractivity contribution is 5.60. The van der Waals surface area contributed by atoms with Gasteiger partial charge in [0.1, 0.15) is 0 Å². The van der Waals surface area contributed by atoms with Gasteiger partial charge in [0.05, 0.1) is 11.3 Å². The van der Waals surface area contributed by atoms with E-state index in [-0.39, 0.29) is 6.04 Å². The van der Waals surface area contributed by atoms with Gasteiger partial charge in [-0.25, -0.2) is 0 Å². The molecule has 1 aromatic carbocycles. The molecule has 3 nitrogen and oxygen atoms in total. The first kappa shape index (κ1) is 13.6. The average Bonchev–Trinajstić information content (AvgIpc) is 2.76. The minimum atomic E-state index is -4.35. The number of halogens is 3. The van der Waals surface area contributed by atoms with Crippen molar-refractivity contribution in [2.24, 2.45) is 5.73 Å². The number of nitrogens with zero attached hydrogens (tertiary/aromatic N) is 1. The number of nitrogens with one attached hydrogen (secondary N) is 1. The molecule has 0 bridgehead atoms. The molecule has 0 spiro atoms. The van der Waals surface area contributed by atoms with Gasteiger partial charge in [0.25, 0.3) is 0 Å². The van der Waals surface area contributed by atoms with Crippen LogP contribution >= 0.6 is 0 Å². The Morgan fingerprint density at radius 3 is 2.68 bits per heavy atom. The third-order valence-electron chi connectivity index (χ3n) is 2.66. The largest absolute Gasteiger partial charge is 0.416 e. The van der Waals surface area contributed by atoms with Gasteiger partial charge in [0.15, 0.2) is 0 Å². The first-order valence-electron chi connectivity index (χ1n) is 5.84. The quantitative estimate of drug-likeness (QED) is 0.900. The predicted octanol–water partition coefficient (Wildman–Crippen LogP) is 2.99. The van der Waals surface area contributed by atoms with E-state index in [0.29, 0.717) is 17.7 Å². The number of H-pyrrole nitrogens is 1. The van der Waals surface area contributed by atoms with Gasteiger partial charge in [0.2, 0.25) is 0 Å². The lowest BCUT2D eigenvalue weighted by Gasteiger charge is -2.07. The molecule has 3 N–H and O–H groups in total. The minimum Gasteiger partial charge on any atom is -0.328 e. The zero-order valence-electron chi connectivity index (χ0n) is 10.3. The maximum absolute atomic E-state index is 12.6. The van der Waals surface area contributed by atoms with E-state index >= 15 is 0 Å². The van der Waals surface area contributed by atoms with Gasteiger partial charge in [0, 0.05) is 23.7 Å². The van der Waals surface area contributed by atoms with Crippen LogP contribution in [-0.4, -0.2) is 16.2 Å². The van der Waals surface area contributed by atoms with E-state index in [1.807, 2.05) is 6.92 Å². The molecular weight excluding hydrogens is 255 g/mol. The minimum absolute atomic E-state index is 0.0326. The van der Waals surface area contributed by atoms with Crippen molar-refractivity contribution < 1.29 is 13.2 Å². The molecule has 0 fully saturated rings. The van der Waals surface area contributed by atoms with Crippen molar-refractivity contribution in [2.45, 2.75) is 25.6 Å². The third kappa shape index (κ3) is 3.35. The van der Waals surface area contributed by atoms with E-state index < -0.39 is 11.7 Å². The summed E-state index contributed by atoms with van der Waals surface area (Å²) in [5.74, 6) is 0. The normalized spacial score (nSPS) is 13.5. The van der Waals surface area contributed by atoms with Crippen molar-refractivity contribution in [3.63, 3.8) is 0 Å². The topological polar surface area (TPSA) is 54.7 Å². The molecule has 0 aliphatic rings. The fourth-order valence-corrected chi connectivity index (χ4v) is 1.82. The van der Waals surface area contributed by atoms with Crippen LogP contribution in [0.3, 0.4) is 0 Å². The standard InChI is InChI=1S/C13H14F3N3/c1-8(17)5-11-7-12(19-18-11)9-3-2-4-10(6-9)13(14,15)16/h2-4,6-8H,5,17H2,1H3,(H,18,19). The molecule has 102 valence electrons. The second kappa shape index (κ2) is 5.05. The third-order valence-corrected chi connectivity index (χ3v) is 2.66. The molecule has 0 radical (unpaired) electrons. The molecule has 0 aliphatic carbocycles. The maximum atomic E-state index is 12.6. The van der Waals surface area contributed by atoms with Crippen LogP contribution < -0.4 is 5.73 Å². The van der Waals surface area contributed by atoms with E-state index in [1.54, 1.807) is 12.1 Å². The number of aromatic amines is 1. The Bertz CT molecular complexity index is 558. The molecule has 2 rings (SSSR count). The Hall–Kier alpha value is -1.82. The van der Waals surface area contributed by atoms with Gasteiger partial charge in [-0.1, -0.05) is 12.1 Å². The molecule has 19 heavy (non-hydrogen) atoms. The van der Waals surface area contributed by atoms with Gasteiger partial charge in [-0.15, -0.1) is 0 Å². The molecule has 0 amide bonds. The molecule has 0 aliphatic heterocycles. The number of hydrogen-bond donors (Lipinski definition) is 2. The molecule has 1 aromatic heterocycles. The first-order valence-corrected chi connectivity index (χ1v) is 5.84. The lowest BCUT2D eigenvalue weighted by Crippen LogP contribution is -2.17. The Morgan fingerprint density at radius 1 is 1.32 bits per heavy atom. The summed E-state index contributed by atoms with van der Waals surface area (Å²) in [4.78, 5) is 0. The number of hydrogen-bond acceptors (Lipinski definition) is 2. The molecule has 1 heterocycles. The van der Waals surface area contributed by atoms with Gasteiger partial charge < -0.3 is 5.73 Å².